The van der Waals surface area contributed by atoms with Gasteiger partial charge in [0.2, 0.25) is 0 Å². The Morgan fingerprint density at radius 3 is 2.43 bits per heavy atom. The van der Waals surface area contributed by atoms with Crippen LogP contribution in [0.2, 0.25) is 0 Å². The van der Waals surface area contributed by atoms with E-state index in [4.69, 9.17) is 0 Å². The van der Waals surface area contributed by atoms with Crippen molar-refractivity contribution in [2.75, 3.05) is 25.9 Å². The number of rotatable bonds is 5. The van der Waals surface area contributed by atoms with Crippen molar-refractivity contribution < 1.29 is 0 Å². The van der Waals surface area contributed by atoms with Crippen LogP contribution in [0.3, 0.4) is 0 Å². The second-order valence-corrected chi connectivity index (χ2v) is 6.00. The van der Waals surface area contributed by atoms with Crippen molar-refractivity contribution in [1.29, 1.82) is 0 Å². The fraction of sp³-hybridized carbons (Fsp3) is 1.00. The highest BCUT2D eigenvalue weighted by Crippen LogP contribution is 2.43. The molecule has 2 aliphatic carbocycles. The number of thiol groups is 1. The second kappa shape index (κ2) is 4.05. The lowest BCUT2D eigenvalue weighted by molar-refractivity contribution is 0.102. The summed E-state index contributed by atoms with van der Waals surface area (Å²) in [7, 11) is 2.29. The molecule has 2 aliphatic rings. The summed E-state index contributed by atoms with van der Waals surface area (Å²) in [6.07, 6.45) is 5.69. The molecule has 0 amide bonds. The minimum absolute atomic E-state index is 0.579. The lowest BCUT2D eigenvalue weighted by atomic mass is 9.70. The normalized spacial score (nSPS) is 34.3. The molecule has 2 rings (SSSR count). The Morgan fingerprint density at radius 2 is 2.07 bits per heavy atom. The van der Waals surface area contributed by atoms with Crippen LogP contribution in [0, 0.1) is 17.3 Å². The first kappa shape index (κ1) is 10.8. The van der Waals surface area contributed by atoms with Crippen LogP contribution < -0.4 is 0 Å². The molecular formula is C12H23NS. The first-order valence-electron chi connectivity index (χ1n) is 5.95. The molecule has 0 N–H and O–H groups in total. The van der Waals surface area contributed by atoms with Gasteiger partial charge in [-0.2, -0.15) is 12.6 Å². The fourth-order valence-corrected chi connectivity index (χ4v) is 3.15. The third-order valence-corrected chi connectivity index (χ3v) is 4.85. The van der Waals surface area contributed by atoms with E-state index in [9.17, 15) is 0 Å². The molecule has 0 aliphatic heterocycles. The first-order chi connectivity index (χ1) is 6.65. The van der Waals surface area contributed by atoms with Crippen LogP contribution in [0.1, 0.15) is 32.6 Å². The summed E-state index contributed by atoms with van der Waals surface area (Å²) in [6, 6.07) is 0. The Morgan fingerprint density at radius 1 is 1.43 bits per heavy atom. The van der Waals surface area contributed by atoms with Crippen LogP contribution >= 0.6 is 12.6 Å². The van der Waals surface area contributed by atoms with E-state index < -0.39 is 0 Å². The van der Waals surface area contributed by atoms with E-state index in [1.54, 1.807) is 0 Å². The van der Waals surface area contributed by atoms with Gasteiger partial charge < -0.3 is 4.90 Å². The van der Waals surface area contributed by atoms with Gasteiger partial charge in [0.15, 0.2) is 0 Å². The monoisotopic (exact) mass is 213 g/mol. The molecule has 0 heterocycles. The van der Waals surface area contributed by atoms with Gasteiger partial charge in [-0.25, -0.2) is 0 Å². The van der Waals surface area contributed by atoms with Gasteiger partial charge in [0, 0.05) is 13.1 Å². The van der Waals surface area contributed by atoms with E-state index in [2.05, 4.69) is 31.5 Å². The topological polar surface area (TPSA) is 3.24 Å². The number of hydrogen-bond acceptors (Lipinski definition) is 2. The Bertz CT molecular complexity index is 195. The Hall–Kier alpha value is 0.310. The maximum absolute atomic E-state index is 4.50. The van der Waals surface area contributed by atoms with Crippen molar-refractivity contribution in [3.05, 3.63) is 0 Å². The van der Waals surface area contributed by atoms with Crippen LogP contribution in [-0.2, 0) is 0 Å². The molecule has 0 spiro atoms. The lowest BCUT2D eigenvalue weighted by Gasteiger charge is -2.43. The van der Waals surface area contributed by atoms with Gasteiger partial charge in [0.25, 0.3) is 0 Å². The van der Waals surface area contributed by atoms with Gasteiger partial charge in [-0.15, -0.1) is 0 Å². The standard InChI is InChI=1S/C12H23NS/c1-10-6-11(10)7-13(2)8-12(9-14)4-3-5-12/h10-11,14H,3-9H2,1-2H3. The SMILES string of the molecule is CC1CC1CN(C)CC1(CS)CCC1. The van der Waals surface area contributed by atoms with E-state index in [1.165, 1.54) is 38.8 Å². The molecule has 0 aromatic heterocycles. The van der Waals surface area contributed by atoms with Crippen molar-refractivity contribution in [2.24, 2.45) is 17.3 Å². The van der Waals surface area contributed by atoms with Crippen LogP contribution in [0.15, 0.2) is 0 Å². The second-order valence-electron chi connectivity index (χ2n) is 5.68. The minimum Gasteiger partial charge on any atom is -0.306 e. The van der Waals surface area contributed by atoms with Crippen LogP contribution in [0.25, 0.3) is 0 Å². The highest BCUT2D eigenvalue weighted by molar-refractivity contribution is 7.80. The van der Waals surface area contributed by atoms with Crippen LogP contribution in [0.4, 0.5) is 0 Å². The summed E-state index contributed by atoms with van der Waals surface area (Å²) in [5, 5.41) is 0. The summed E-state index contributed by atoms with van der Waals surface area (Å²) in [5.74, 6) is 3.07. The molecule has 2 fully saturated rings. The van der Waals surface area contributed by atoms with Gasteiger partial charge in [0.1, 0.15) is 0 Å². The average Bonchev–Trinajstić information content (AvgIpc) is 2.74. The molecule has 82 valence electrons. The lowest BCUT2D eigenvalue weighted by Crippen LogP contribution is -2.42. The molecule has 2 atom stereocenters. The predicted octanol–water partition coefficient (Wildman–Crippen LogP) is 2.67. The average molecular weight is 213 g/mol. The van der Waals surface area contributed by atoms with Gasteiger partial charge in [-0.3, -0.25) is 0 Å². The number of hydrogen-bond donors (Lipinski definition) is 1. The third-order valence-electron chi connectivity index (χ3n) is 4.18. The largest absolute Gasteiger partial charge is 0.306 e. The van der Waals surface area contributed by atoms with Crippen LogP contribution in [-0.4, -0.2) is 30.8 Å². The van der Waals surface area contributed by atoms with Crippen molar-refractivity contribution in [3.8, 4) is 0 Å². The molecular weight excluding hydrogens is 190 g/mol. The van der Waals surface area contributed by atoms with Crippen molar-refractivity contribution in [3.63, 3.8) is 0 Å². The van der Waals surface area contributed by atoms with Crippen LogP contribution in [0.5, 0.6) is 0 Å². The number of nitrogens with zero attached hydrogens (tertiary/aromatic N) is 1. The fourth-order valence-electron chi connectivity index (χ4n) is 2.73. The summed E-state index contributed by atoms with van der Waals surface area (Å²) in [5.41, 5.74) is 0.579. The quantitative estimate of drug-likeness (QED) is 0.687. The van der Waals surface area contributed by atoms with E-state index >= 15 is 0 Å². The Kier molecular flexibility index (Phi) is 3.13. The molecule has 0 saturated heterocycles. The van der Waals surface area contributed by atoms with E-state index in [0.29, 0.717) is 5.41 Å². The van der Waals surface area contributed by atoms with E-state index in [-0.39, 0.29) is 0 Å². The highest BCUT2D eigenvalue weighted by atomic mass is 32.1. The molecule has 0 aromatic carbocycles. The molecule has 1 nitrogen and oxygen atoms in total. The zero-order valence-electron chi connectivity index (χ0n) is 9.50. The van der Waals surface area contributed by atoms with E-state index in [0.717, 1.165) is 17.6 Å². The molecule has 2 saturated carbocycles. The van der Waals surface area contributed by atoms with Crippen molar-refractivity contribution in [1.82, 2.24) is 4.90 Å². The Balaban J connectivity index is 1.72. The summed E-state index contributed by atoms with van der Waals surface area (Å²) in [6.45, 7) is 4.96. The zero-order chi connectivity index (χ0) is 10.2. The maximum atomic E-state index is 4.50. The molecule has 0 radical (unpaired) electrons. The third kappa shape index (κ3) is 2.27. The smallest absolute Gasteiger partial charge is 0.00429 e. The predicted molar refractivity (Wildman–Crippen MR) is 64.9 cm³/mol. The first-order valence-corrected chi connectivity index (χ1v) is 6.58. The molecule has 2 unspecified atom stereocenters. The summed E-state index contributed by atoms with van der Waals surface area (Å²) >= 11 is 4.50. The van der Waals surface area contributed by atoms with Gasteiger partial charge >= 0.3 is 0 Å². The summed E-state index contributed by atoms with van der Waals surface area (Å²) < 4.78 is 0. The van der Waals surface area contributed by atoms with Crippen molar-refractivity contribution >= 4 is 12.6 Å². The summed E-state index contributed by atoms with van der Waals surface area (Å²) in [4.78, 5) is 2.55. The maximum Gasteiger partial charge on any atom is 0.00429 e. The van der Waals surface area contributed by atoms with Gasteiger partial charge in [0.05, 0.1) is 0 Å². The Labute approximate surface area is 93.7 Å². The molecule has 0 aromatic rings. The molecule has 0 bridgehead atoms. The zero-order valence-corrected chi connectivity index (χ0v) is 10.4. The van der Waals surface area contributed by atoms with Gasteiger partial charge in [-0.1, -0.05) is 13.3 Å². The highest BCUT2D eigenvalue weighted by Gasteiger charge is 2.38. The molecule has 2 heteroatoms. The van der Waals surface area contributed by atoms with Gasteiger partial charge in [-0.05, 0) is 49.3 Å². The minimum atomic E-state index is 0.579. The molecule has 14 heavy (non-hydrogen) atoms. The van der Waals surface area contributed by atoms with Crippen molar-refractivity contribution in [2.45, 2.75) is 32.6 Å². The van der Waals surface area contributed by atoms with E-state index in [1.807, 2.05) is 0 Å².